The molecule has 98 valence electrons. The molecule has 2 amide bonds. The van der Waals surface area contributed by atoms with Crippen molar-refractivity contribution in [1.82, 2.24) is 5.32 Å². The van der Waals surface area contributed by atoms with Gasteiger partial charge in [-0.25, -0.2) is 18.4 Å². The first kappa shape index (κ1) is 13.8. The highest BCUT2D eigenvalue weighted by Crippen LogP contribution is 2.14. The maximum atomic E-state index is 13.1. The van der Waals surface area contributed by atoms with Crippen molar-refractivity contribution < 1.29 is 28.6 Å². The van der Waals surface area contributed by atoms with Gasteiger partial charge in [-0.3, -0.25) is 0 Å². The van der Waals surface area contributed by atoms with Crippen molar-refractivity contribution in [2.24, 2.45) is 0 Å². The highest BCUT2D eigenvalue weighted by molar-refractivity contribution is 5.92. The Labute approximate surface area is 100 Å². The number of hydrogen-bond donors (Lipinski definition) is 4. The van der Waals surface area contributed by atoms with Crippen molar-refractivity contribution in [1.29, 1.82) is 0 Å². The molecule has 8 heteroatoms. The van der Waals surface area contributed by atoms with E-state index in [-0.39, 0.29) is 5.69 Å². The second-order valence-corrected chi connectivity index (χ2v) is 3.30. The van der Waals surface area contributed by atoms with Gasteiger partial charge in [0, 0.05) is 6.07 Å². The van der Waals surface area contributed by atoms with Crippen molar-refractivity contribution in [3.05, 3.63) is 29.8 Å². The van der Waals surface area contributed by atoms with Gasteiger partial charge in [-0.05, 0) is 12.1 Å². The fourth-order valence-electron chi connectivity index (χ4n) is 1.09. The van der Waals surface area contributed by atoms with Crippen LogP contribution in [0.15, 0.2) is 18.2 Å². The second-order valence-electron chi connectivity index (χ2n) is 3.30. The number of aliphatic carboxylic acids is 1. The highest BCUT2D eigenvalue weighted by atomic mass is 19.1. The van der Waals surface area contributed by atoms with Gasteiger partial charge < -0.3 is 20.8 Å². The minimum absolute atomic E-state index is 0.309. The topological polar surface area (TPSA) is 98.7 Å². The fraction of sp³-hybridized carbons (Fsp3) is 0.200. The molecule has 0 aliphatic rings. The van der Waals surface area contributed by atoms with Gasteiger partial charge in [-0.1, -0.05) is 0 Å². The van der Waals surface area contributed by atoms with Gasteiger partial charge in [-0.15, -0.1) is 0 Å². The Bertz CT molecular complexity index is 467. The SMILES string of the molecule is O=C(Nc1ccc(F)cc1F)NC(CO)C(=O)O. The summed E-state index contributed by atoms with van der Waals surface area (Å²) in [5.74, 6) is -3.24. The number of amides is 2. The van der Waals surface area contributed by atoms with Gasteiger partial charge in [-0.2, -0.15) is 0 Å². The van der Waals surface area contributed by atoms with E-state index in [0.29, 0.717) is 6.07 Å². The first-order valence-electron chi connectivity index (χ1n) is 4.80. The van der Waals surface area contributed by atoms with E-state index in [9.17, 15) is 18.4 Å². The maximum Gasteiger partial charge on any atom is 0.328 e. The van der Waals surface area contributed by atoms with Gasteiger partial charge >= 0.3 is 12.0 Å². The molecule has 0 saturated carbocycles. The average molecular weight is 260 g/mol. The Morgan fingerprint density at radius 3 is 2.50 bits per heavy atom. The van der Waals surface area contributed by atoms with E-state index in [1.165, 1.54) is 0 Å². The van der Waals surface area contributed by atoms with Crippen LogP contribution >= 0.6 is 0 Å². The van der Waals surface area contributed by atoms with Crippen LogP contribution < -0.4 is 10.6 Å². The Balaban J connectivity index is 2.67. The summed E-state index contributed by atoms with van der Waals surface area (Å²) >= 11 is 0. The average Bonchev–Trinajstić information content (AvgIpc) is 2.29. The number of carbonyl (C=O) groups is 2. The first-order valence-corrected chi connectivity index (χ1v) is 4.80. The zero-order chi connectivity index (χ0) is 13.7. The second kappa shape index (κ2) is 5.92. The minimum atomic E-state index is -1.51. The third-order valence-corrected chi connectivity index (χ3v) is 1.97. The molecule has 1 aromatic rings. The van der Waals surface area contributed by atoms with Crippen molar-refractivity contribution in [3.8, 4) is 0 Å². The standard InChI is InChI=1S/C10H10F2N2O4/c11-5-1-2-7(6(12)3-5)13-10(18)14-8(4-15)9(16)17/h1-3,8,15H,4H2,(H,16,17)(H2,13,14,18). The van der Waals surface area contributed by atoms with Gasteiger partial charge in [0.1, 0.15) is 11.6 Å². The molecular formula is C10H10F2N2O4. The van der Waals surface area contributed by atoms with E-state index < -0.39 is 36.3 Å². The molecule has 1 rings (SSSR count). The molecule has 1 aromatic carbocycles. The zero-order valence-corrected chi connectivity index (χ0v) is 8.98. The summed E-state index contributed by atoms with van der Waals surface area (Å²) < 4.78 is 25.7. The Morgan fingerprint density at radius 2 is 2.00 bits per heavy atom. The summed E-state index contributed by atoms with van der Waals surface area (Å²) in [6, 6.07) is -0.0511. The molecule has 1 unspecified atom stereocenters. The number of benzene rings is 1. The molecule has 0 aliphatic carbocycles. The van der Waals surface area contributed by atoms with E-state index in [1.807, 2.05) is 10.6 Å². The molecule has 6 nitrogen and oxygen atoms in total. The molecule has 0 fully saturated rings. The summed E-state index contributed by atoms with van der Waals surface area (Å²) in [5.41, 5.74) is -0.309. The number of aliphatic hydroxyl groups excluding tert-OH is 1. The molecule has 0 aromatic heterocycles. The molecule has 0 aliphatic heterocycles. The van der Waals surface area contributed by atoms with E-state index in [1.54, 1.807) is 0 Å². The predicted octanol–water partition coefficient (Wildman–Crippen LogP) is 0.532. The number of urea groups is 1. The van der Waals surface area contributed by atoms with Gasteiger partial charge in [0.15, 0.2) is 6.04 Å². The van der Waals surface area contributed by atoms with Crippen molar-refractivity contribution in [3.63, 3.8) is 0 Å². The van der Waals surface area contributed by atoms with Gasteiger partial charge in [0.05, 0.1) is 12.3 Å². The monoisotopic (exact) mass is 260 g/mol. The lowest BCUT2D eigenvalue weighted by Crippen LogP contribution is -2.45. The molecule has 0 spiro atoms. The summed E-state index contributed by atoms with van der Waals surface area (Å²) in [5, 5.41) is 21.1. The number of halogens is 2. The number of nitrogens with one attached hydrogen (secondary N) is 2. The van der Waals surface area contributed by atoms with Crippen LogP contribution in [-0.2, 0) is 4.79 Å². The number of carbonyl (C=O) groups excluding carboxylic acids is 1. The summed E-state index contributed by atoms with van der Waals surface area (Å²) in [6.07, 6.45) is 0. The number of hydrogen-bond acceptors (Lipinski definition) is 3. The maximum absolute atomic E-state index is 13.1. The molecule has 18 heavy (non-hydrogen) atoms. The van der Waals surface area contributed by atoms with Crippen molar-refractivity contribution in [2.75, 3.05) is 11.9 Å². The number of rotatable bonds is 4. The number of anilines is 1. The quantitative estimate of drug-likeness (QED) is 0.634. The fourth-order valence-corrected chi connectivity index (χ4v) is 1.09. The lowest BCUT2D eigenvalue weighted by atomic mass is 10.3. The summed E-state index contributed by atoms with van der Waals surface area (Å²) in [4.78, 5) is 21.8. The first-order chi connectivity index (χ1) is 8.43. The molecule has 1 atom stereocenters. The van der Waals surface area contributed by atoms with E-state index in [0.717, 1.165) is 12.1 Å². The zero-order valence-electron chi connectivity index (χ0n) is 8.98. The molecule has 0 bridgehead atoms. The van der Waals surface area contributed by atoms with Crippen molar-refractivity contribution >= 4 is 17.7 Å². The summed E-state index contributed by atoms with van der Waals surface area (Å²) in [7, 11) is 0. The van der Waals surface area contributed by atoms with Crippen LogP contribution in [0.2, 0.25) is 0 Å². The third-order valence-electron chi connectivity index (χ3n) is 1.97. The molecule has 4 N–H and O–H groups in total. The normalized spacial score (nSPS) is 11.7. The third kappa shape index (κ3) is 3.67. The smallest absolute Gasteiger partial charge is 0.328 e. The van der Waals surface area contributed by atoms with Crippen LogP contribution in [-0.4, -0.2) is 34.9 Å². The molecule has 0 saturated heterocycles. The van der Waals surface area contributed by atoms with Crippen LogP contribution in [0.5, 0.6) is 0 Å². The number of aliphatic hydroxyl groups is 1. The van der Waals surface area contributed by atoms with Crippen LogP contribution in [0.25, 0.3) is 0 Å². The van der Waals surface area contributed by atoms with Gasteiger partial charge in [0.2, 0.25) is 0 Å². The molecular weight excluding hydrogens is 250 g/mol. The minimum Gasteiger partial charge on any atom is -0.480 e. The number of carboxylic acid groups (broad SMARTS) is 1. The summed E-state index contributed by atoms with van der Waals surface area (Å²) in [6.45, 7) is -0.811. The van der Waals surface area contributed by atoms with Crippen LogP contribution in [0, 0.1) is 11.6 Å². The number of carboxylic acids is 1. The van der Waals surface area contributed by atoms with E-state index >= 15 is 0 Å². The highest BCUT2D eigenvalue weighted by Gasteiger charge is 2.19. The van der Waals surface area contributed by atoms with E-state index in [2.05, 4.69) is 0 Å². The molecule has 0 radical (unpaired) electrons. The van der Waals surface area contributed by atoms with E-state index in [4.69, 9.17) is 10.2 Å². The lowest BCUT2D eigenvalue weighted by Gasteiger charge is -2.12. The van der Waals surface area contributed by atoms with Crippen LogP contribution in [0.4, 0.5) is 19.3 Å². The van der Waals surface area contributed by atoms with Crippen molar-refractivity contribution in [2.45, 2.75) is 6.04 Å². The predicted molar refractivity (Wildman–Crippen MR) is 57.0 cm³/mol. The van der Waals surface area contributed by atoms with Gasteiger partial charge in [0.25, 0.3) is 0 Å². The largest absolute Gasteiger partial charge is 0.480 e. The van der Waals surface area contributed by atoms with Crippen LogP contribution in [0.3, 0.4) is 0 Å². The molecule has 0 heterocycles. The Kier molecular flexibility index (Phi) is 4.55. The Hall–Kier alpha value is -2.22. The van der Waals surface area contributed by atoms with Crippen LogP contribution in [0.1, 0.15) is 0 Å². The Morgan fingerprint density at radius 1 is 1.33 bits per heavy atom. The lowest BCUT2D eigenvalue weighted by molar-refractivity contribution is -0.140.